The van der Waals surface area contributed by atoms with E-state index in [1.807, 2.05) is 0 Å². The van der Waals surface area contributed by atoms with Crippen molar-refractivity contribution >= 4 is 22.8 Å². The van der Waals surface area contributed by atoms with Crippen molar-refractivity contribution in [3.05, 3.63) is 45.7 Å². The fourth-order valence-corrected chi connectivity index (χ4v) is 1.95. The van der Waals surface area contributed by atoms with E-state index in [0.717, 1.165) is 0 Å². The Morgan fingerprint density at radius 1 is 1.30 bits per heavy atom. The summed E-state index contributed by atoms with van der Waals surface area (Å²) in [6.45, 7) is 1.86. The zero-order valence-corrected chi connectivity index (χ0v) is 12.8. The number of methoxy groups -OCH3 is 1. The predicted octanol–water partition coefficient (Wildman–Crippen LogP) is 1.62. The molecule has 0 amide bonds. The van der Waals surface area contributed by atoms with Crippen LogP contribution in [0.1, 0.15) is 29.3 Å². The first kappa shape index (κ1) is 16.3. The summed E-state index contributed by atoms with van der Waals surface area (Å²) in [6, 6.07) is 4.97. The van der Waals surface area contributed by atoms with Crippen molar-refractivity contribution in [3.8, 4) is 11.8 Å². The molecule has 0 bridgehead atoms. The van der Waals surface area contributed by atoms with E-state index in [1.165, 1.54) is 13.3 Å². The van der Waals surface area contributed by atoms with E-state index < -0.39 is 17.4 Å². The normalized spacial score (nSPS) is 9.83. The Hall–Kier alpha value is -3.07. The fraction of sp³-hybridized carbons (Fsp3) is 0.235. The van der Waals surface area contributed by atoms with Gasteiger partial charge in [0.25, 0.3) is 0 Å². The van der Waals surface area contributed by atoms with Gasteiger partial charge in [-0.3, -0.25) is 9.59 Å². The van der Waals surface area contributed by atoms with Gasteiger partial charge < -0.3 is 14.5 Å². The lowest BCUT2D eigenvalue weighted by Crippen LogP contribution is -2.18. The molecule has 0 aliphatic rings. The number of ether oxygens (including phenoxy) is 2. The summed E-state index contributed by atoms with van der Waals surface area (Å²) in [6.07, 6.45) is 1.30. The van der Waals surface area contributed by atoms with Crippen molar-refractivity contribution in [2.45, 2.75) is 13.3 Å². The zero-order valence-electron chi connectivity index (χ0n) is 12.8. The summed E-state index contributed by atoms with van der Waals surface area (Å²) in [5.41, 5.74) is 0.669. The molecule has 2 rings (SSSR count). The predicted molar refractivity (Wildman–Crippen MR) is 84.0 cm³/mol. The molecule has 0 aliphatic heterocycles. The lowest BCUT2D eigenvalue weighted by molar-refractivity contribution is -0.139. The lowest BCUT2D eigenvalue weighted by Gasteiger charge is -2.03. The average molecular weight is 313 g/mol. The van der Waals surface area contributed by atoms with Crippen LogP contribution in [0.4, 0.5) is 0 Å². The smallest absolute Gasteiger partial charge is 0.343 e. The van der Waals surface area contributed by atoms with Gasteiger partial charge in [-0.05, 0) is 25.1 Å². The molecule has 0 spiro atoms. The van der Waals surface area contributed by atoms with Crippen LogP contribution in [0, 0.1) is 11.8 Å². The number of hydrogen-bond acceptors (Lipinski definition) is 5. The molecular formula is C17H15NO5. The summed E-state index contributed by atoms with van der Waals surface area (Å²) >= 11 is 0. The number of carbonyl (C=O) groups is 2. The second-order valence-electron chi connectivity index (χ2n) is 4.57. The number of aromatic amines is 1. The maximum atomic E-state index is 12.4. The number of pyridine rings is 1. The van der Waals surface area contributed by atoms with Gasteiger partial charge in [-0.25, -0.2) is 4.79 Å². The lowest BCUT2D eigenvalue weighted by atomic mass is 10.1. The number of esters is 2. The molecule has 0 fully saturated rings. The third kappa shape index (κ3) is 3.77. The van der Waals surface area contributed by atoms with Gasteiger partial charge in [0.2, 0.25) is 5.43 Å². The van der Waals surface area contributed by atoms with Crippen LogP contribution in [0.2, 0.25) is 0 Å². The second kappa shape index (κ2) is 7.27. The molecular weight excluding hydrogens is 298 g/mol. The summed E-state index contributed by atoms with van der Waals surface area (Å²) in [4.78, 5) is 38.0. The Labute approximate surface area is 132 Å². The van der Waals surface area contributed by atoms with E-state index in [4.69, 9.17) is 4.74 Å². The monoisotopic (exact) mass is 313 g/mol. The molecule has 6 heteroatoms. The summed E-state index contributed by atoms with van der Waals surface area (Å²) in [5.74, 6) is 4.35. The van der Waals surface area contributed by atoms with E-state index in [2.05, 4.69) is 21.6 Å². The van der Waals surface area contributed by atoms with E-state index in [0.29, 0.717) is 16.5 Å². The number of benzene rings is 1. The van der Waals surface area contributed by atoms with Crippen molar-refractivity contribution in [1.82, 2.24) is 4.98 Å². The Balaban J connectivity index is 2.41. The maximum absolute atomic E-state index is 12.4. The highest BCUT2D eigenvalue weighted by atomic mass is 16.5. The molecule has 0 unspecified atom stereocenters. The standard InChI is InChI=1S/C17H15NO5/c1-3-23-17(21)13-10-18-14-8-7-11(9-12(14)16(13)20)5-4-6-15(19)22-2/h7-10H,3,6H2,1-2H3,(H,18,20). The van der Waals surface area contributed by atoms with Crippen molar-refractivity contribution in [1.29, 1.82) is 0 Å². The minimum atomic E-state index is -0.669. The summed E-state index contributed by atoms with van der Waals surface area (Å²) < 4.78 is 9.35. The van der Waals surface area contributed by atoms with Gasteiger partial charge in [0, 0.05) is 22.7 Å². The number of nitrogens with one attached hydrogen (secondary N) is 1. The molecule has 23 heavy (non-hydrogen) atoms. The van der Waals surface area contributed by atoms with Crippen molar-refractivity contribution < 1.29 is 19.1 Å². The van der Waals surface area contributed by atoms with Crippen molar-refractivity contribution in [3.63, 3.8) is 0 Å². The molecule has 1 aromatic heterocycles. The Morgan fingerprint density at radius 2 is 2.09 bits per heavy atom. The highest BCUT2D eigenvalue weighted by Gasteiger charge is 2.13. The zero-order chi connectivity index (χ0) is 16.8. The minimum Gasteiger partial charge on any atom is -0.468 e. The number of hydrogen-bond donors (Lipinski definition) is 1. The highest BCUT2D eigenvalue weighted by Crippen LogP contribution is 2.11. The van der Waals surface area contributed by atoms with E-state index in [-0.39, 0.29) is 18.6 Å². The van der Waals surface area contributed by atoms with Crippen LogP contribution in [0.15, 0.2) is 29.2 Å². The Kier molecular flexibility index (Phi) is 5.15. The first-order valence-corrected chi connectivity index (χ1v) is 6.95. The van der Waals surface area contributed by atoms with Gasteiger partial charge in [-0.2, -0.15) is 0 Å². The molecule has 0 atom stereocenters. The van der Waals surface area contributed by atoms with Gasteiger partial charge in [-0.1, -0.05) is 11.8 Å². The highest BCUT2D eigenvalue weighted by molar-refractivity contribution is 5.93. The number of carbonyl (C=O) groups excluding carboxylic acids is 2. The molecule has 0 saturated carbocycles. The topological polar surface area (TPSA) is 85.5 Å². The summed E-state index contributed by atoms with van der Waals surface area (Å²) in [7, 11) is 1.29. The summed E-state index contributed by atoms with van der Waals surface area (Å²) in [5, 5.41) is 0.334. The molecule has 118 valence electrons. The van der Waals surface area contributed by atoms with Crippen LogP contribution in [-0.2, 0) is 14.3 Å². The molecule has 1 N–H and O–H groups in total. The van der Waals surface area contributed by atoms with Crippen LogP contribution in [-0.4, -0.2) is 30.6 Å². The average Bonchev–Trinajstić information content (AvgIpc) is 2.55. The molecule has 1 heterocycles. The molecule has 0 aliphatic carbocycles. The van der Waals surface area contributed by atoms with Crippen LogP contribution in [0.5, 0.6) is 0 Å². The maximum Gasteiger partial charge on any atom is 0.343 e. The van der Waals surface area contributed by atoms with Crippen LogP contribution in [0.25, 0.3) is 10.9 Å². The van der Waals surface area contributed by atoms with Gasteiger partial charge in [0.15, 0.2) is 0 Å². The fourth-order valence-electron chi connectivity index (χ4n) is 1.95. The van der Waals surface area contributed by atoms with Crippen LogP contribution in [0.3, 0.4) is 0 Å². The molecule has 2 aromatic rings. The Morgan fingerprint density at radius 3 is 2.78 bits per heavy atom. The number of rotatable bonds is 3. The van der Waals surface area contributed by atoms with E-state index in [9.17, 15) is 14.4 Å². The molecule has 1 aromatic carbocycles. The minimum absolute atomic E-state index is 0.0340. The number of H-pyrrole nitrogens is 1. The van der Waals surface area contributed by atoms with Crippen LogP contribution >= 0.6 is 0 Å². The number of fused-ring (bicyclic) bond motifs is 1. The van der Waals surface area contributed by atoms with Crippen LogP contribution < -0.4 is 5.43 Å². The third-order valence-corrected chi connectivity index (χ3v) is 3.07. The number of aromatic nitrogens is 1. The van der Waals surface area contributed by atoms with Gasteiger partial charge >= 0.3 is 11.9 Å². The van der Waals surface area contributed by atoms with E-state index >= 15 is 0 Å². The van der Waals surface area contributed by atoms with Crippen molar-refractivity contribution in [2.24, 2.45) is 0 Å². The first-order chi connectivity index (χ1) is 11.1. The molecule has 0 radical (unpaired) electrons. The van der Waals surface area contributed by atoms with Gasteiger partial charge in [0.1, 0.15) is 12.0 Å². The second-order valence-corrected chi connectivity index (χ2v) is 4.57. The third-order valence-electron chi connectivity index (χ3n) is 3.07. The molecule has 6 nitrogen and oxygen atoms in total. The Bertz CT molecular complexity index is 870. The van der Waals surface area contributed by atoms with Gasteiger partial charge in [0.05, 0.1) is 13.7 Å². The van der Waals surface area contributed by atoms with E-state index in [1.54, 1.807) is 25.1 Å². The van der Waals surface area contributed by atoms with Gasteiger partial charge in [-0.15, -0.1) is 0 Å². The van der Waals surface area contributed by atoms with Crippen molar-refractivity contribution in [2.75, 3.05) is 13.7 Å². The quantitative estimate of drug-likeness (QED) is 0.687. The SMILES string of the molecule is CCOC(=O)c1c[nH]c2ccc(C#CCC(=O)OC)cc2c1=O. The largest absolute Gasteiger partial charge is 0.468 e. The first-order valence-electron chi connectivity index (χ1n) is 6.95. The molecule has 0 saturated heterocycles.